The number of aryl methyl sites for hydroxylation is 1. The molecular weight excluding hydrogens is 250 g/mol. The second-order valence-corrected chi connectivity index (χ2v) is 4.52. The molecule has 1 heterocycles. The first-order chi connectivity index (χ1) is 9.70. The predicted molar refractivity (Wildman–Crippen MR) is 75.8 cm³/mol. The highest BCUT2D eigenvalue weighted by atomic mass is 16.2. The summed E-state index contributed by atoms with van der Waals surface area (Å²) < 4.78 is 1.79. The van der Waals surface area contributed by atoms with Crippen LogP contribution in [0.25, 0.3) is 0 Å². The van der Waals surface area contributed by atoms with E-state index in [0.29, 0.717) is 0 Å². The molecule has 0 aliphatic heterocycles. The van der Waals surface area contributed by atoms with E-state index < -0.39 is 0 Å². The summed E-state index contributed by atoms with van der Waals surface area (Å²) in [5.74, 6) is -0.105. The lowest BCUT2D eigenvalue weighted by molar-refractivity contribution is -0.684. The summed E-state index contributed by atoms with van der Waals surface area (Å²) in [6.07, 6.45) is 3.66. The standard InChI is InChI=1S/C16H16N3O/c1-14-5-7-15(8-6-14)19(12-9-17)16(20)13-18-10-3-2-4-11-18/h2-8,10-11H,12-13H2,1H3/q+1. The third-order valence-electron chi connectivity index (χ3n) is 2.97. The third-order valence-corrected chi connectivity index (χ3v) is 2.97. The van der Waals surface area contributed by atoms with E-state index >= 15 is 0 Å². The van der Waals surface area contributed by atoms with Crippen LogP contribution in [0.3, 0.4) is 0 Å². The molecule has 0 atom stereocenters. The third kappa shape index (κ3) is 3.42. The summed E-state index contributed by atoms with van der Waals surface area (Å²) in [6, 6.07) is 15.3. The van der Waals surface area contributed by atoms with Crippen LogP contribution in [0.4, 0.5) is 5.69 Å². The Morgan fingerprint density at radius 3 is 2.45 bits per heavy atom. The molecule has 1 aromatic carbocycles. The number of nitriles is 1. The smallest absolute Gasteiger partial charge is 0.293 e. The van der Waals surface area contributed by atoms with Gasteiger partial charge in [0.15, 0.2) is 12.4 Å². The minimum atomic E-state index is -0.105. The summed E-state index contributed by atoms with van der Waals surface area (Å²) in [7, 11) is 0. The summed E-state index contributed by atoms with van der Waals surface area (Å²) in [4.78, 5) is 13.8. The summed E-state index contributed by atoms with van der Waals surface area (Å²) in [6.45, 7) is 2.26. The molecule has 0 saturated heterocycles. The Hall–Kier alpha value is -2.67. The minimum Gasteiger partial charge on any atom is -0.293 e. The molecule has 0 fully saturated rings. The van der Waals surface area contributed by atoms with Gasteiger partial charge in [0.25, 0.3) is 5.91 Å². The lowest BCUT2D eigenvalue weighted by atomic mass is 10.2. The van der Waals surface area contributed by atoms with E-state index in [1.807, 2.05) is 67.9 Å². The fourth-order valence-electron chi connectivity index (χ4n) is 1.90. The van der Waals surface area contributed by atoms with Gasteiger partial charge in [-0.15, -0.1) is 0 Å². The monoisotopic (exact) mass is 266 g/mol. The molecule has 100 valence electrons. The number of rotatable bonds is 4. The molecule has 4 nitrogen and oxygen atoms in total. The van der Waals surface area contributed by atoms with E-state index in [9.17, 15) is 4.79 Å². The van der Waals surface area contributed by atoms with Gasteiger partial charge in [-0.25, -0.2) is 0 Å². The van der Waals surface area contributed by atoms with Crippen molar-refractivity contribution >= 4 is 11.6 Å². The number of amides is 1. The first-order valence-electron chi connectivity index (χ1n) is 6.39. The normalized spacial score (nSPS) is 9.80. The van der Waals surface area contributed by atoms with Gasteiger partial charge in [0.2, 0.25) is 6.54 Å². The topological polar surface area (TPSA) is 48.0 Å². The molecule has 0 spiro atoms. The van der Waals surface area contributed by atoms with Gasteiger partial charge in [-0.3, -0.25) is 9.69 Å². The van der Waals surface area contributed by atoms with Crippen molar-refractivity contribution in [3.05, 3.63) is 60.4 Å². The van der Waals surface area contributed by atoms with Crippen LogP contribution < -0.4 is 9.47 Å². The number of carbonyl (C=O) groups excluding carboxylic acids is 1. The molecule has 4 heteroatoms. The number of benzene rings is 1. The van der Waals surface area contributed by atoms with Crippen molar-refractivity contribution in [1.82, 2.24) is 0 Å². The highest BCUT2D eigenvalue weighted by Gasteiger charge is 2.19. The molecule has 0 aliphatic rings. The van der Waals surface area contributed by atoms with Gasteiger partial charge in [0.1, 0.15) is 6.54 Å². The number of anilines is 1. The van der Waals surface area contributed by atoms with Crippen molar-refractivity contribution in [2.24, 2.45) is 0 Å². The van der Waals surface area contributed by atoms with Crippen LogP contribution >= 0.6 is 0 Å². The Bertz CT molecular complexity index is 614. The van der Waals surface area contributed by atoms with Crippen LogP contribution in [0.5, 0.6) is 0 Å². The van der Waals surface area contributed by atoms with Crippen molar-refractivity contribution in [2.45, 2.75) is 13.5 Å². The lowest BCUT2D eigenvalue weighted by Crippen LogP contribution is -2.44. The highest BCUT2D eigenvalue weighted by Crippen LogP contribution is 2.15. The average molecular weight is 266 g/mol. The first kappa shape index (κ1) is 13.8. The van der Waals surface area contributed by atoms with Crippen molar-refractivity contribution in [3.8, 4) is 6.07 Å². The first-order valence-corrected chi connectivity index (χ1v) is 6.39. The molecule has 2 rings (SSSR count). The number of hydrogen-bond donors (Lipinski definition) is 0. The lowest BCUT2D eigenvalue weighted by Gasteiger charge is -2.18. The maximum absolute atomic E-state index is 12.3. The van der Waals surface area contributed by atoms with E-state index in [4.69, 9.17) is 5.26 Å². The number of pyridine rings is 1. The maximum Gasteiger partial charge on any atom is 0.293 e. The van der Waals surface area contributed by atoms with Crippen LogP contribution in [0.15, 0.2) is 54.9 Å². The fourth-order valence-corrected chi connectivity index (χ4v) is 1.90. The fraction of sp³-hybridized carbons (Fsp3) is 0.188. The van der Waals surface area contributed by atoms with Crippen LogP contribution in [0.2, 0.25) is 0 Å². The zero-order chi connectivity index (χ0) is 14.4. The molecular formula is C16H16N3O+. The molecule has 2 aromatic rings. The molecule has 1 amide bonds. The molecule has 1 aromatic heterocycles. The second kappa shape index (κ2) is 6.48. The number of carbonyl (C=O) groups is 1. The van der Waals surface area contributed by atoms with Crippen molar-refractivity contribution in [3.63, 3.8) is 0 Å². The van der Waals surface area contributed by atoms with E-state index in [-0.39, 0.29) is 19.0 Å². The van der Waals surface area contributed by atoms with Crippen molar-refractivity contribution in [2.75, 3.05) is 11.4 Å². The predicted octanol–water partition coefficient (Wildman–Crippen LogP) is 1.84. The van der Waals surface area contributed by atoms with Gasteiger partial charge in [-0.05, 0) is 19.1 Å². The largest absolute Gasteiger partial charge is 0.293 e. The number of hydrogen-bond acceptors (Lipinski definition) is 2. The van der Waals surface area contributed by atoms with Crippen molar-refractivity contribution < 1.29 is 9.36 Å². The van der Waals surface area contributed by atoms with Gasteiger partial charge in [0, 0.05) is 17.8 Å². The Kier molecular flexibility index (Phi) is 4.46. The van der Waals surface area contributed by atoms with E-state index in [1.54, 1.807) is 4.57 Å². The molecule has 0 unspecified atom stereocenters. The van der Waals surface area contributed by atoms with E-state index in [0.717, 1.165) is 11.3 Å². The quantitative estimate of drug-likeness (QED) is 0.626. The highest BCUT2D eigenvalue weighted by molar-refractivity contribution is 5.92. The summed E-state index contributed by atoms with van der Waals surface area (Å²) in [5.41, 5.74) is 1.87. The zero-order valence-electron chi connectivity index (χ0n) is 11.4. The Morgan fingerprint density at radius 1 is 1.20 bits per heavy atom. The van der Waals surface area contributed by atoms with Crippen LogP contribution in [-0.4, -0.2) is 12.5 Å². The van der Waals surface area contributed by atoms with Gasteiger partial charge < -0.3 is 0 Å². The number of nitrogens with zero attached hydrogens (tertiary/aromatic N) is 3. The zero-order valence-corrected chi connectivity index (χ0v) is 11.4. The maximum atomic E-state index is 12.3. The van der Waals surface area contributed by atoms with E-state index in [1.165, 1.54) is 4.90 Å². The SMILES string of the molecule is Cc1ccc(N(CC#N)C(=O)C[n+]2ccccc2)cc1. The van der Waals surface area contributed by atoms with Crippen molar-refractivity contribution in [1.29, 1.82) is 5.26 Å². The summed E-state index contributed by atoms with van der Waals surface area (Å²) in [5, 5.41) is 8.92. The Balaban J connectivity index is 2.18. The average Bonchev–Trinajstić information content (AvgIpc) is 2.47. The molecule has 0 N–H and O–H groups in total. The van der Waals surface area contributed by atoms with Gasteiger partial charge in [0.05, 0.1) is 6.07 Å². The van der Waals surface area contributed by atoms with Crippen LogP contribution in [-0.2, 0) is 11.3 Å². The Morgan fingerprint density at radius 2 is 1.85 bits per heavy atom. The van der Waals surface area contributed by atoms with Crippen LogP contribution in [0, 0.1) is 18.3 Å². The van der Waals surface area contributed by atoms with Gasteiger partial charge >= 0.3 is 0 Å². The van der Waals surface area contributed by atoms with Gasteiger partial charge in [-0.1, -0.05) is 23.8 Å². The molecule has 20 heavy (non-hydrogen) atoms. The second-order valence-electron chi connectivity index (χ2n) is 4.52. The van der Waals surface area contributed by atoms with Crippen LogP contribution in [0.1, 0.15) is 5.56 Å². The summed E-state index contributed by atoms with van der Waals surface area (Å²) >= 11 is 0. The molecule has 0 saturated carbocycles. The molecule has 0 bridgehead atoms. The Labute approximate surface area is 118 Å². The number of aromatic nitrogens is 1. The molecule has 0 aliphatic carbocycles. The molecule has 0 radical (unpaired) electrons. The van der Waals surface area contributed by atoms with E-state index in [2.05, 4.69) is 0 Å². The minimum absolute atomic E-state index is 0.0509. The van der Waals surface area contributed by atoms with Gasteiger partial charge in [-0.2, -0.15) is 9.83 Å².